The minimum atomic E-state index is -0.873. The number of likely N-dealkylation sites (N-methyl/N-ethyl adjacent to an activating group) is 1. The number of nitrogens with zero attached hydrogens (tertiary/aromatic N) is 4. The Morgan fingerprint density at radius 2 is 2.06 bits per heavy atom. The predicted molar refractivity (Wildman–Crippen MR) is 67.7 cm³/mol. The van der Waals surface area contributed by atoms with Gasteiger partial charge in [0.05, 0.1) is 0 Å². The lowest BCUT2D eigenvalue weighted by Crippen LogP contribution is -2.63. The van der Waals surface area contributed by atoms with E-state index in [2.05, 4.69) is 10.2 Å². The molecule has 2 heterocycles. The van der Waals surface area contributed by atoms with E-state index < -0.39 is 5.54 Å². The molecule has 1 aliphatic rings. The first kappa shape index (κ1) is 13.2. The zero-order chi connectivity index (χ0) is 13.5. The van der Waals surface area contributed by atoms with Gasteiger partial charge in [-0.2, -0.15) is 0 Å². The highest BCUT2D eigenvalue weighted by molar-refractivity contribution is 7.17. The minimum Gasteiger partial charge on any atom is -0.342 e. The van der Waals surface area contributed by atoms with Crippen LogP contribution in [0.1, 0.15) is 23.6 Å². The molecular formula is C10H13ClN4O2S. The van der Waals surface area contributed by atoms with Gasteiger partial charge in [0.1, 0.15) is 5.54 Å². The van der Waals surface area contributed by atoms with Gasteiger partial charge < -0.3 is 9.80 Å². The van der Waals surface area contributed by atoms with Crippen LogP contribution in [0, 0.1) is 0 Å². The Morgan fingerprint density at radius 1 is 1.39 bits per heavy atom. The Balaban J connectivity index is 2.28. The fourth-order valence-electron chi connectivity index (χ4n) is 1.98. The predicted octanol–water partition coefficient (Wildman–Crippen LogP) is 0.884. The van der Waals surface area contributed by atoms with Gasteiger partial charge >= 0.3 is 0 Å². The first-order chi connectivity index (χ1) is 8.34. The van der Waals surface area contributed by atoms with Crippen LogP contribution in [0.2, 0.25) is 4.47 Å². The average molecular weight is 289 g/mol. The van der Waals surface area contributed by atoms with Crippen molar-refractivity contribution in [1.82, 2.24) is 20.0 Å². The van der Waals surface area contributed by atoms with E-state index in [0.29, 0.717) is 13.1 Å². The molecule has 1 saturated heterocycles. The van der Waals surface area contributed by atoms with Crippen molar-refractivity contribution in [1.29, 1.82) is 0 Å². The summed E-state index contributed by atoms with van der Waals surface area (Å²) in [7, 11) is 1.73. The summed E-state index contributed by atoms with van der Waals surface area (Å²) in [4.78, 5) is 27.5. The van der Waals surface area contributed by atoms with Gasteiger partial charge in [0, 0.05) is 20.1 Å². The molecule has 0 atom stereocenters. The number of hydrogen-bond donors (Lipinski definition) is 0. The van der Waals surface area contributed by atoms with E-state index in [1.54, 1.807) is 25.8 Å². The second kappa shape index (κ2) is 4.47. The molecule has 1 aliphatic heterocycles. The molecule has 0 unspecified atom stereocenters. The van der Waals surface area contributed by atoms with Crippen LogP contribution in [0.5, 0.6) is 0 Å². The van der Waals surface area contributed by atoms with Gasteiger partial charge in [-0.1, -0.05) is 11.3 Å². The van der Waals surface area contributed by atoms with E-state index in [0.717, 1.165) is 11.3 Å². The SMILES string of the molecule is CN1CCN(C(=O)c2nnc(Cl)s2)C(C)(C)C1=O. The van der Waals surface area contributed by atoms with Crippen LogP contribution in [0.15, 0.2) is 0 Å². The number of carbonyl (C=O) groups is 2. The maximum Gasteiger partial charge on any atom is 0.285 e. The van der Waals surface area contributed by atoms with Crippen LogP contribution >= 0.6 is 22.9 Å². The number of piperazine rings is 1. The summed E-state index contributed by atoms with van der Waals surface area (Å²) >= 11 is 6.68. The molecule has 1 aromatic heterocycles. The van der Waals surface area contributed by atoms with Gasteiger partial charge in [-0.05, 0) is 25.4 Å². The second-order valence-corrected chi connectivity index (χ2v) is 6.16. The Morgan fingerprint density at radius 3 is 2.61 bits per heavy atom. The second-order valence-electron chi connectivity index (χ2n) is 4.60. The Bertz CT molecular complexity index is 502. The summed E-state index contributed by atoms with van der Waals surface area (Å²) in [5.74, 6) is -0.386. The van der Waals surface area contributed by atoms with Gasteiger partial charge in [-0.25, -0.2) is 0 Å². The first-order valence-electron chi connectivity index (χ1n) is 5.40. The van der Waals surface area contributed by atoms with Crippen molar-refractivity contribution in [3.8, 4) is 0 Å². The quantitative estimate of drug-likeness (QED) is 0.769. The van der Waals surface area contributed by atoms with Crippen molar-refractivity contribution in [3.05, 3.63) is 9.47 Å². The van der Waals surface area contributed by atoms with Crippen LogP contribution < -0.4 is 0 Å². The number of carbonyl (C=O) groups excluding carboxylic acids is 2. The van der Waals surface area contributed by atoms with Crippen molar-refractivity contribution >= 4 is 34.8 Å². The topological polar surface area (TPSA) is 66.4 Å². The van der Waals surface area contributed by atoms with E-state index in [-0.39, 0.29) is 21.3 Å². The molecule has 0 bridgehead atoms. The number of aromatic nitrogens is 2. The van der Waals surface area contributed by atoms with Crippen molar-refractivity contribution in [2.45, 2.75) is 19.4 Å². The summed E-state index contributed by atoms with van der Waals surface area (Å²) in [5.41, 5.74) is -0.873. The van der Waals surface area contributed by atoms with Crippen LogP contribution in [-0.4, -0.2) is 57.5 Å². The van der Waals surface area contributed by atoms with Crippen LogP contribution in [0.4, 0.5) is 0 Å². The Labute approximate surface area is 114 Å². The Hall–Kier alpha value is -1.21. The molecule has 0 aromatic carbocycles. The average Bonchev–Trinajstić information content (AvgIpc) is 2.72. The smallest absolute Gasteiger partial charge is 0.285 e. The monoisotopic (exact) mass is 288 g/mol. The summed E-state index contributed by atoms with van der Waals surface area (Å²) in [5, 5.41) is 7.54. The molecule has 8 heteroatoms. The fourth-order valence-corrected chi connectivity index (χ4v) is 2.75. The fraction of sp³-hybridized carbons (Fsp3) is 0.600. The van der Waals surface area contributed by atoms with Gasteiger partial charge in [0.2, 0.25) is 15.4 Å². The molecule has 1 aromatic rings. The molecule has 1 fully saturated rings. The highest BCUT2D eigenvalue weighted by atomic mass is 35.5. The zero-order valence-corrected chi connectivity index (χ0v) is 11.9. The molecule has 0 aliphatic carbocycles. The van der Waals surface area contributed by atoms with E-state index in [1.165, 1.54) is 4.90 Å². The lowest BCUT2D eigenvalue weighted by molar-refractivity contribution is -0.144. The standard InChI is InChI=1S/C10H13ClN4O2S/c1-10(2)8(17)14(3)4-5-15(10)7(16)6-12-13-9(11)18-6/h4-5H2,1-3H3. The van der Waals surface area contributed by atoms with Crippen molar-refractivity contribution in [2.24, 2.45) is 0 Å². The van der Waals surface area contributed by atoms with Crippen molar-refractivity contribution < 1.29 is 9.59 Å². The molecule has 6 nitrogen and oxygen atoms in total. The third kappa shape index (κ3) is 2.08. The number of amides is 2. The van der Waals surface area contributed by atoms with Crippen molar-refractivity contribution in [2.75, 3.05) is 20.1 Å². The molecular weight excluding hydrogens is 276 g/mol. The molecule has 2 amide bonds. The minimum absolute atomic E-state index is 0.0855. The van der Waals surface area contributed by atoms with Gasteiger partial charge in [0.25, 0.3) is 5.91 Å². The summed E-state index contributed by atoms with van der Waals surface area (Å²) in [6.45, 7) is 4.45. The normalized spacial score (nSPS) is 19.2. The lowest BCUT2D eigenvalue weighted by atomic mass is 9.98. The van der Waals surface area contributed by atoms with Crippen LogP contribution in [0.3, 0.4) is 0 Å². The summed E-state index contributed by atoms with van der Waals surface area (Å²) < 4.78 is 0.219. The van der Waals surface area contributed by atoms with E-state index in [1.807, 2.05) is 0 Å². The molecule has 0 spiro atoms. The molecule has 18 heavy (non-hydrogen) atoms. The third-order valence-electron chi connectivity index (χ3n) is 3.03. The van der Waals surface area contributed by atoms with Crippen LogP contribution in [-0.2, 0) is 4.79 Å². The molecule has 98 valence electrons. The molecule has 0 N–H and O–H groups in total. The van der Waals surface area contributed by atoms with Gasteiger partial charge in [-0.3, -0.25) is 9.59 Å². The highest BCUT2D eigenvalue weighted by Crippen LogP contribution is 2.25. The number of rotatable bonds is 1. The zero-order valence-electron chi connectivity index (χ0n) is 10.3. The maximum atomic E-state index is 12.3. The van der Waals surface area contributed by atoms with E-state index >= 15 is 0 Å². The first-order valence-corrected chi connectivity index (χ1v) is 6.60. The van der Waals surface area contributed by atoms with E-state index in [4.69, 9.17) is 11.6 Å². The molecule has 2 rings (SSSR count). The van der Waals surface area contributed by atoms with E-state index in [9.17, 15) is 9.59 Å². The Kier molecular flexibility index (Phi) is 3.29. The molecule has 0 radical (unpaired) electrons. The molecule has 0 saturated carbocycles. The largest absolute Gasteiger partial charge is 0.342 e. The summed E-state index contributed by atoms with van der Waals surface area (Å²) in [6.07, 6.45) is 0. The highest BCUT2D eigenvalue weighted by Gasteiger charge is 2.43. The maximum absolute atomic E-state index is 12.3. The van der Waals surface area contributed by atoms with Gasteiger partial charge in [0.15, 0.2) is 0 Å². The number of halogens is 1. The lowest BCUT2D eigenvalue weighted by Gasteiger charge is -2.44. The van der Waals surface area contributed by atoms with Crippen molar-refractivity contribution in [3.63, 3.8) is 0 Å². The number of hydrogen-bond acceptors (Lipinski definition) is 5. The third-order valence-corrected chi connectivity index (χ3v) is 4.04. The van der Waals surface area contributed by atoms with Gasteiger partial charge in [-0.15, -0.1) is 10.2 Å². The van der Waals surface area contributed by atoms with Crippen LogP contribution in [0.25, 0.3) is 0 Å². The summed E-state index contributed by atoms with van der Waals surface area (Å²) in [6, 6.07) is 0.